The second kappa shape index (κ2) is 75.2. The van der Waals surface area contributed by atoms with Gasteiger partial charge in [-0.15, -0.1) is 0 Å². The second-order valence-electron chi connectivity index (χ2n) is 24.6. The maximum atomic E-state index is 11.3. The van der Waals surface area contributed by atoms with Crippen molar-refractivity contribution in [1.29, 1.82) is 0 Å². The Morgan fingerprint density at radius 1 is 0.339 bits per heavy atom. The summed E-state index contributed by atoms with van der Waals surface area (Å²) in [6, 6.07) is 6.59. The minimum absolute atomic E-state index is 0.0453. The molecular formula is C85H125N7O22S. The van der Waals surface area contributed by atoms with Gasteiger partial charge < -0.3 is 75.1 Å². The number of unbranched alkanes of at least 4 members (excludes halogenated alkanes) is 7. The van der Waals surface area contributed by atoms with Gasteiger partial charge in [-0.05, 0) is 199 Å². The second-order valence-corrected chi connectivity index (χ2v) is 25.8. The number of hydrogen-bond donors (Lipinski definition) is 7. The van der Waals surface area contributed by atoms with Crippen molar-refractivity contribution >= 4 is 101 Å². The summed E-state index contributed by atoms with van der Waals surface area (Å²) in [5.41, 5.74) is 3.38. The summed E-state index contributed by atoms with van der Waals surface area (Å²) in [6.07, 6.45) is 20.7. The fourth-order valence-corrected chi connectivity index (χ4v) is 8.06. The predicted octanol–water partition coefficient (Wildman–Crippen LogP) is 10.7. The summed E-state index contributed by atoms with van der Waals surface area (Å²) in [4.78, 5) is 153. The lowest BCUT2D eigenvalue weighted by molar-refractivity contribution is -0.146. The maximum Gasteiger partial charge on any atom is 0.338 e. The van der Waals surface area contributed by atoms with Gasteiger partial charge in [0.25, 0.3) is 0 Å². The molecule has 0 bridgehead atoms. The summed E-state index contributed by atoms with van der Waals surface area (Å²) in [6.45, 7) is 64.5. The SMILES string of the molecule is C=CC(=O)NC1CCC(OC(=O)C(=C)C)CC1.C=CC(=O)NCCCCCCOC(=O)C(=C)C.C=CC(=O)NCCCCCOC(=O)C(=C)C.C=CC(=O)NCCCCCOC(=O)C(=C)C.C=CC(=O)NCCOCCOC(=O)C(=C)C.C=CC(=O)NCCSCCOC(=O)C(=C)C.C=CC(=O)Nc1ccc(OC(=O)C(=C)C)cc1. The molecule has 0 aromatic heterocycles. The molecule has 0 heterocycles. The minimum Gasteiger partial charge on any atom is -0.462 e. The molecule has 0 unspecified atom stereocenters. The summed E-state index contributed by atoms with van der Waals surface area (Å²) >= 11 is 1.60. The Balaban J connectivity index is -0.000000409. The molecule has 0 aliphatic heterocycles. The fourth-order valence-electron chi connectivity index (χ4n) is 7.41. The molecule has 0 saturated heterocycles. The Bertz CT molecular complexity index is 3160. The number of amides is 7. The van der Waals surface area contributed by atoms with Gasteiger partial charge in [0.05, 0.1) is 33.0 Å². The zero-order chi connectivity index (χ0) is 88.3. The Hall–Kier alpha value is -11.5. The highest BCUT2D eigenvalue weighted by atomic mass is 32.2. The van der Waals surface area contributed by atoms with Crippen LogP contribution < -0.4 is 42.0 Å². The van der Waals surface area contributed by atoms with E-state index in [1.807, 2.05) is 0 Å². The molecule has 1 aliphatic rings. The Labute approximate surface area is 684 Å². The van der Waals surface area contributed by atoms with Crippen LogP contribution in [0, 0.1) is 0 Å². The van der Waals surface area contributed by atoms with Crippen molar-refractivity contribution in [2.45, 2.75) is 151 Å². The van der Waals surface area contributed by atoms with Gasteiger partial charge >= 0.3 is 41.8 Å². The first-order valence-electron chi connectivity index (χ1n) is 36.9. The quantitative estimate of drug-likeness (QED) is 0.0105. The van der Waals surface area contributed by atoms with Crippen LogP contribution in [0.2, 0.25) is 0 Å². The summed E-state index contributed by atoms with van der Waals surface area (Å²) in [5.74, 6) is -2.04. The third-order valence-corrected chi connectivity index (χ3v) is 14.6. The molecule has 7 amide bonds. The van der Waals surface area contributed by atoms with Crippen LogP contribution in [0.3, 0.4) is 0 Å². The van der Waals surface area contributed by atoms with Crippen LogP contribution in [0.4, 0.5) is 5.69 Å². The van der Waals surface area contributed by atoms with E-state index in [1.165, 1.54) is 42.5 Å². The van der Waals surface area contributed by atoms with E-state index in [0.29, 0.717) is 129 Å². The number of carbonyl (C=O) groups excluding carboxylic acids is 14. The average Bonchev–Trinajstić information content (AvgIpc) is 0.895. The van der Waals surface area contributed by atoms with Crippen molar-refractivity contribution < 1.29 is 105 Å². The van der Waals surface area contributed by atoms with Crippen LogP contribution in [0.25, 0.3) is 0 Å². The van der Waals surface area contributed by atoms with E-state index in [-0.39, 0.29) is 89.9 Å². The zero-order valence-corrected chi connectivity index (χ0v) is 69.4. The monoisotopic (exact) mass is 1630 g/mol. The van der Waals surface area contributed by atoms with Gasteiger partial charge in [0.1, 0.15) is 25.1 Å². The third-order valence-electron chi connectivity index (χ3n) is 13.7. The van der Waals surface area contributed by atoms with Gasteiger partial charge in [-0.2, -0.15) is 11.8 Å². The number of ether oxygens (including phenoxy) is 8. The van der Waals surface area contributed by atoms with E-state index in [2.05, 4.69) is 129 Å². The zero-order valence-electron chi connectivity index (χ0n) is 68.6. The van der Waals surface area contributed by atoms with E-state index in [0.717, 1.165) is 95.6 Å². The largest absolute Gasteiger partial charge is 0.462 e. The lowest BCUT2D eigenvalue weighted by Gasteiger charge is -2.28. The van der Waals surface area contributed by atoms with Crippen LogP contribution in [-0.2, 0) is 100 Å². The van der Waals surface area contributed by atoms with Crippen molar-refractivity contribution in [3.63, 3.8) is 0 Å². The van der Waals surface area contributed by atoms with Crippen molar-refractivity contribution in [2.24, 2.45) is 0 Å². The molecule has 0 atom stereocenters. The molecule has 7 N–H and O–H groups in total. The number of carbonyl (C=O) groups is 14. The summed E-state index contributed by atoms with van der Waals surface area (Å²) < 4.78 is 39.8. The molecule has 638 valence electrons. The number of thioether (sulfide) groups is 1. The summed E-state index contributed by atoms with van der Waals surface area (Å²) in [7, 11) is 0. The third kappa shape index (κ3) is 75.0. The predicted molar refractivity (Wildman–Crippen MR) is 450 cm³/mol. The maximum absolute atomic E-state index is 11.3. The molecule has 115 heavy (non-hydrogen) atoms. The number of hydrogen-bond acceptors (Lipinski definition) is 23. The van der Waals surface area contributed by atoms with Crippen molar-refractivity contribution in [1.82, 2.24) is 31.9 Å². The minimum atomic E-state index is -0.479. The highest BCUT2D eigenvalue weighted by Crippen LogP contribution is 2.22. The molecule has 2 rings (SSSR count). The Morgan fingerprint density at radius 3 is 1.02 bits per heavy atom. The van der Waals surface area contributed by atoms with Gasteiger partial charge in [0, 0.05) is 95.0 Å². The van der Waals surface area contributed by atoms with Crippen LogP contribution in [0.5, 0.6) is 5.75 Å². The number of anilines is 1. The van der Waals surface area contributed by atoms with Gasteiger partial charge in [0.15, 0.2) is 0 Å². The molecule has 29 nitrogen and oxygen atoms in total. The molecule has 30 heteroatoms. The first kappa shape index (κ1) is 112. The molecule has 0 radical (unpaired) electrons. The molecule has 0 spiro atoms. The topological polar surface area (TPSA) is 397 Å². The Morgan fingerprint density at radius 2 is 0.661 bits per heavy atom. The number of esters is 7. The van der Waals surface area contributed by atoms with Gasteiger partial charge in [-0.1, -0.05) is 98.5 Å². The lowest BCUT2D eigenvalue weighted by atomic mass is 9.93. The first-order valence-corrected chi connectivity index (χ1v) is 38.1. The van der Waals surface area contributed by atoms with Crippen molar-refractivity contribution in [2.75, 3.05) is 95.8 Å². The standard InChI is InChI=1S/C13H19NO3.C13H13NO3.C13H21NO3.2C12H19NO3.C11H17NO4.C11H17NO3S/c2*1-4-12(15)14-10-5-7-11(8-6-10)17-13(16)9(2)3;1-4-12(15)14-9-7-5-6-8-10-17-13(16)11(2)3;2*1-4-11(14)13-8-6-5-7-9-16-12(15)10(2)3;1-4-10(13)12-5-6-15-7-8-16-11(14)9(2)3;1-4-10(13)12-5-7-16-8-6-15-11(14)9(2)3/h4,10-11H,1-2,5-8H2,3H3,(H,14,15);4-8H,1-2H2,3H3,(H,14,15);4H,1-2,5-10H2,3H3,(H,14,15);2*4H,1-2,5-9H2,3H3,(H,13,14);2*4H,1-2,5-8H2,3H3,(H,12,13). The van der Waals surface area contributed by atoms with Gasteiger partial charge in [-0.3, -0.25) is 33.6 Å². The van der Waals surface area contributed by atoms with E-state index < -0.39 is 11.9 Å². The van der Waals surface area contributed by atoms with Crippen molar-refractivity contribution in [3.8, 4) is 5.75 Å². The lowest BCUT2D eigenvalue weighted by Crippen LogP contribution is -2.38. The fraction of sp³-hybridized carbons (Fsp3) is 0.435. The van der Waals surface area contributed by atoms with Crippen LogP contribution in [-0.4, -0.2) is 186 Å². The van der Waals surface area contributed by atoms with E-state index in [1.54, 1.807) is 84.5 Å². The number of benzene rings is 1. The summed E-state index contributed by atoms with van der Waals surface area (Å²) in [5, 5.41) is 18.7. The molecule has 1 aromatic carbocycles. The number of nitrogens with one attached hydrogen (secondary N) is 7. The molecule has 1 saturated carbocycles. The average molecular weight is 1630 g/mol. The first-order chi connectivity index (χ1) is 54.4. The Kier molecular flexibility index (Phi) is 73.2. The highest BCUT2D eigenvalue weighted by Gasteiger charge is 2.25. The van der Waals surface area contributed by atoms with Crippen LogP contribution >= 0.6 is 11.8 Å². The van der Waals surface area contributed by atoms with Gasteiger partial charge in [-0.25, -0.2) is 33.6 Å². The van der Waals surface area contributed by atoms with Crippen LogP contribution in [0.1, 0.15) is 138 Å². The van der Waals surface area contributed by atoms with Crippen molar-refractivity contribution in [3.05, 3.63) is 198 Å². The smallest absolute Gasteiger partial charge is 0.338 e. The normalized spacial score (nSPS) is 11.4. The van der Waals surface area contributed by atoms with E-state index in [9.17, 15) is 67.1 Å². The van der Waals surface area contributed by atoms with Crippen LogP contribution in [0.15, 0.2) is 198 Å². The molecule has 1 aromatic rings. The van der Waals surface area contributed by atoms with E-state index in [4.69, 9.17) is 37.9 Å². The van der Waals surface area contributed by atoms with E-state index >= 15 is 0 Å². The molecular weight excluding hydrogens is 1500 g/mol. The van der Waals surface area contributed by atoms with Gasteiger partial charge in [0.2, 0.25) is 41.4 Å². The highest BCUT2D eigenvalue weighted by molar-refractivity contribution is 7.99. The number of rotatable bonds is 49. The molecule has 1 fully saturated rings. The molecule has 1 aliphatic carbocycles.